The number of rotatable bonds is 4. The molecular formula is C25H13Cl3FN3O3S. The Morgan fingerprint density at radius 3 is 2.56 bits per heavy atom. The van der Waals surface area contributed by atoms with Gasteiger partial charge in [0, 0.05) is 11.3 Å². The number of hydrogen-bond donors (Lipinski definition) is 2. The number of thiocarbonyl (C=S) groups is 1. The monoisotopic (exact) mass is 559 g/mol. The maximum absolute atomic E-state index is 13.3. The molecule has 2 aromatic heterocycles. The van der Waals surface area contributed by atoms with Gasteiger partial charge in [-0.2, -0.15) is 0 Å². The van der Waals surface area contributed by atoms with Crippen LogP contribution in [0.1, 0.15) is 10.6 Å². The van der Waals surface area contributed by atoms with E-state index in [2.05, 4.69) is 15.6 Å². The molecule has 0 unspecified atom stereocenters. The van der Waals surface area contributed by atoms with E-state index in [-0.39, 0.29) is 21.8 Å². The Balaban J connectivity index is 1.28. The van der Waals surface area contributed by atoms with Crippen LogP contribution < -0.4 is 10.6 Å². The van der Waals surface area contributed by atoms with Crippen LogP contribution in [0, 0.1) is 5.82 Å². The van der Waals surface area contributed by atoms with Gasteiger partial charge in [0.1, 0.15) is 17.1 Å². The minimum Gasteiger partial charge on any atom is -0.451 e. The Kier molecular flexibility index (Phi) is 6.68. The number of carbonyl (C=O) groups excluding carboxylic acids is 1. The zero-order valence-corrected chi connectivity index (χ0v) is 21.0. The van der Waals surface area contributed by atoms with Crippen LogP contribution in [0.4, 0.5) is 10.1 Å². The molecule has 2 heterocycles. The topological polar surface area (TPSA) is 80.3 Å². The highest BCUT2D eigenvalue weighted by Crippen LogP contribution is 2.34. The second kappa shape index (κ2) is 9.91. The molecule has 0 bridgehead atoms. The second-order valence-corrected chi connectivity index (χ2v) is 9.10. The fraction of sp³-hybridized carbons (Fsp3) is 0. The number of amides is 1. The number of nitrogens with one attached hydrogen (secondary N) is 2. The van der Waals surface area contributed by atoms with Crippen molar-refractivity contribution in [2.45, 2.75) is 0 Å². The highest BCUT2D eigenvalue weighted by atomic mass is 35.5. The third kappa shape index (κ3) is 4.94. The maximum Gasteiger partial charge on any atom is 0.293 e. The van der Waals surface area contributed by atoms with Gasteiger partial charge in [-0.1, -0.05) is 40.9 Å². The van der Waals surface area contributed by atoms with E-state index >= 15 is 0 Å². The van der Waals surface area contributed by atoms with Crippen molar-refractivity contribution < 1.29 is 18.0 Å². The van der Waals surface area contributed by atoms with Gasteiger partial charge in [-0.05, 0) is 72.9 Å². The molecule has 0 atom stereocenters. The van der Waals surface area contributed by atoms with Gasteiger partial charge in [0.25, 0.3) is 5.91 Å². The standard InChI is InChI=1S/C25H13Cl3FN3O3S/c26-16-3-1-2-15(22(16)28)19-8-9-21(34-19)23(33)32-25(36)30-13-5-7-20-18(11-13)31-24(35-20)14-6-4-12(29)10-17(14)27/h1-11H,(H2,30,32,33,36). The number of benzene rings is 3. The Morgan fingerprint density at radius 1 is 0.917 bits per heavy atom. The Morgan fingerprint density at radius 2 is 1.75 bits per heavy atom. The van der Waals surface area contributed by atoms with E-state index < -0.39 is 11.7 Å². The van der Waals surface area contributed by atoms with Crippen LogP contribution in [0.5, 0.6) is 0 Å². The first-order valence-corrected chi connectivity index (χ1v) is 11.9. The summed E-state index contributed by atoms with van der Waals surface area (Å²) in [5.74, 6) is -0.330. The number of furan rings is 1. The van der Waals surface area contributed by atoms with Crippen molar-refractivity contribution in [3.63, 3.8) is 0 Å². The number of halogens is 4. The summed E-state index contributed by atoms with van der Waals surface area (Å²) in [6, 6.07) is 17.3. The van der Waals surface area contributed by atoms with E-state index in [1.165, 1.54) is 24.3 Å². The molecule has 0 saturated carbocycles. The van der Waals surface area contributed by atoms with Gasteiger partial charge in [0.05, 0.1) is 20.6 Å². The third-order valence-corrected chi connectivity index (χ3v) is 6.42. The molecule has 0 aliphatic heterocycles. The maximum atomic E-state index is 13.3. The average Bonchev–Trinajstić information content (AvgIpc) is 3.48. The first-order chi connectivity index (χ1) is 17.3. The number of nitrogens with zero attached hydrogens (tertiary/aromatic N) is 1. The Labute approximate surface area is 224 Å². The SMILES string of the molecule is O=C(NC(=S)Nc1ccc2oc(-c3ccc(F)cc3Cl)nc2c1)c1ccc(-c2cccc(Cl)c2Cl)o1. The minimum absolute atomic E-state index is 0.0398. The van der Waals surface area contributed by atoms with Crippen LogP contribution >= 0.6 is 47.0 Å². The van der Waals surface area contributed by atoms with Crippen molar-refractivity contribution in [2.24, 2.45) is 0 Å². The Hall–Kier alpha value is -3.43. The molecule has 0 fully saturated rings. The van der Waals surface area contributed by atoms with E-state index in [0.717, 1.165) is 0 Å². The van der Waals surface area contributed by atoms with Crippen LogP contribution in [0.3, 0.4) is 0 Å². The van der Waals surface area contributed by atoms with E-state index in [1.54, 1.807) is 42.5 Å². The zero-order chi connectivity index (χ0) is 25.4. The van der Waals surface area contributed by atoms with Crippen molar-refractivity contribution in [1.82, 2.24) is 10.3 Å². The molecule has 1 amide bonds. The van der Waals surface area contributed by atoms with Crippen molar-refractivity contribution in [3.05, 3.63) is 93.4 Å². The predicted octanol–water partition coefficient (Wildman–Crippen LogP) is 7.98. The molecule has 2 N–H and O–H groups in total. The molecule has 0 aliphatic rings. The first kappa shape index (κ1) is 24.3. The largest absolute Gasteiger partial charge is 0.451 e. The lowest BCUT2D eigenvalue weighted by Gasteiger charge is -2.08. The highest BCUT2D eigenvalue weighted by Gasteiger charge is 2.17. The first-order valence-electron chi connectivity index (χ1n) is 10.3. The molecule has 0 spiro atoms. The highest BCUT2D eigenvalue weighted by molar-refractivity contribution is 7.80. The Bertz CT molecular complexity index is 1650. The van der Waals surface area contributed by atoms with Gasteiger partial charge in [-0.15, -0.1) is 0 Å². The van der Waals surface area contributed by atoms with E-state index in [9.17, 15) is 9.18 Å². The summed E-state index contributed by atoms with van der Waals surface area (Å²) >= 11 is 23.7. The number of fused-ring (bicyclic) bond motifs is 1. The van der Waals surface area contributed by atoms with Crippen molar-refractivity contribution >= 4 is 74.8 Å². The lowest BCUT2D eigenvalue weighted by atomic mass is 10.2. The summed E-state index contributed by atoms with van der Waals surface area (Å²) in [6.07, 6.45) is 0. The molecule has 180 valence electrons. The number of anilines is 1. The summed E-state index contributed by atoms with van der Waals surface area (Å²) in [5.41, 5.74) is 2.59. The molecule has 0 radical (unpaired) electrons. The summed E-state index contributed by atoms with van der Waals surface area (Å²) in [4.78, 5) is 17.0. The van der Waals surface area contributed by atoms with Crippen LogP contribution in [0.2, 0.25) is 15.1 Å². The lowest BCUT2D eigenvalue weighted by Crippen LogP contribution is -2.33. The summed E-state index contributed by atoms with van der Waals surface area (Å²) in [6.45, 7) is 0. The predicted molar refractivity (Wildman–Crippen MR) is 142 cm³/mol. The molecule has 6 nitrogen and oxygen atoms in total. The molecule has 3 aromatic carbocycles. The average molecular weight is 561 g/mol. The fourth-order valence-corrected chi connectivity index (χ4v) is 4.26. The normalized spacial score (nSPS) is 11.0. The number of carbonyl (C=O) groups is 1. The van der Waals surface area contributed by atoms with Crippen molar-refractivity contribution in [1.29, 1.82) is 0 Å². The van der Waals surface area contributed by atoms with Gasteiger partial charge in [0.15, 0.2) is 16.5 Å². The van der Waals surface area contributed by atoms with E-state index in [1.807, 2.05) is 0 Å². The summed E-state index contributed by atoms with van der Waals surface area (Å²) < 4.78 is 24.7. The van der Waals surface area contributed by atoms with Gasteiger partial charge in [-0.3, -0.25) is 10.1 Å². The number of oxazole rings is 1. The van der Waals surface area contributed by atoms with Crippen molar-refractivity contribution in [2.75, 3.05) is 5.32 Å². The second-order valence-electron chi connectivity index (χ2n) is 7.50. The van der Waals surface area contributed by atoms with Gasteiger partial charge in [-0.25, -0.2) is 9.37 Å². The molecule has 0 saturated heterocycles. The minimum atomic E-state index is -0.548. The van der Waals surface area contributed by atoms with Crippen LogP contribution in [0.15, 0.2) is 75.6 Å². The zero-order valence-electron chi connectivity index (χ0n) is 17.9. The smallest absolute Gasteiger partial charge is 0.293 e. The van der Waals surface area contributed by atoms with Gasteiger partial charge >= 0.3 is 0 Å². The summed E-state index contributed by atoms with van der Waals surface area (Å²) in [5, 5.41) is 6.41. The quantitative estimate of drug-likeness (QED) is 0.217. The molecule has 5 rings (SSSR count). The molecular weight excluding hydrogens is 548 g/mol. The van der Waals surface area contributed by atoms with Crippen LogP contribution in [0.25, 0.3) is 33.9 Å². The van der Waals surface area contributed by atoms with Crippen LogP contribution in [-0.2, 0) is 0 Å². The molecule has 11 heteroatoms. The summed E-state index contributed by atoms with van der Waals surface area (Å²) in [7, 11) is 0. The van der Waals surface area contributed by atoms with Crippen molar-refractivity contribution in [3.8, 4) is 22.8 Å². The number of hydrogen-bond acceptors (Lipinski definition) is 5. The third-order valence-electron chi connectivity index (χ3n) is 5.08. The van der Waals surface area contributed by atoms with Crippen LogP contribution in [-0.4, -0.2) is 16.0 Å². The molecule has 36 heavy (non-hydrogen) atoms. The van der Waals surface area contributed by atoms with Gasteiger partial charge in [0.2, 0.25) is 5.89 Å². The number of aromatic nitrogens is 1. The molecule has 5 aromatic rings. The van der Waals surface area contributed by atoms with E-state index in [4.69, 9.17) is 55.9 Å². The van der Waals surface area contributed by atoms with E-state index in [0.29, 0.717) is 43.7 Å². The fourth-order valence-electron chi connectivity index (χ4n) is 3.41. The lowest BCUT2D eigenvalue weighted by molar-refractivity contribution is 0.0951. The van der Waals surface area contributed by atoms with Gasteiger partial charge < -0.3 is 14.2 Å². The molecule has 0 aliphatic carbocycles.